The number of carbonyl (C=O) groups excluding carboxylic acids is 2. The van der Waals surface area contributed by atoms with Crippen LogP contribution >= 0.6 is 24.0 Å². The van der Waals surface area contributed by atoms with E-state index in [-0.39, 0.29) is 12.5 Å². The van der Waals surface area contributed by atoms with E-state index in [0.717, 1.165) is 17.3 Å². The quantitative estimate of drug-likeness (QED) is 0.430. The summed E-state index contributed by atoms with van der Waals surface area (Å²) in [6, 6.07) is 12.6. The van der Waals surface area contributed by atoms with E-state index in [4.69, 9.17) is 17.0 Å². The number of carbonyl (C=O) groups is 2. The molecule has 0 saturated carbocycles. The number of nitrogens with zero attached hydrogens (tertiary/aromatic N) is 1. The van der Waals surface area contributed by atoms with Gasteiger partial charge in [-0.25, -0.2) is 9.18 Å². The zero-order valence-corrected chi connectivity index (χ0v) is 15.8. The zero-order valence-electron chi connectivity index (χ0n) is 14.2. The summed E-state index contributed by atoms with van der Waals surface area (Å²) in [6.07, 6.45) is 1.70. The second kappa shape index (κ2) is 8.32. The SMILES string of the molecule is COC(=O)COc1ccc(C=C2SC(=S)N(c3cccc(F)c3)C2=O)cc1. The zero-order chi connectivity index (χ0) is 19.4. The van der Waals surface area contributed by atoms with Gasteiger partial charge in [0.05, 0.1) is 17.7 Å². The molecular weight excluding hydrogens is 389 g/mol. The summed E-state index contributed by atoms with van der Waals surface area (Å²) in [7, 11) is 1.29. The second-order valence-corrected chi connectivity index (χ2v) is 7.11. The standard InChI is InChI=1S/C19H14FNO4S2/c1-24-17(22)11-25-15-7-5-12(6-8-15)9-16-18(23)21(19(26)27-16)14-4-2-3-13(20)10-14/h2-10H,11H2,1H3. The minimum absolute atomic E-state index is 0.178. The summed E-state index contributed by atoms with van der Waals surface area (Å²) in [5.41, 5.74) is 1.16. The summed E-state index contributed by atoms with van der Waals surface area (Å²) in [5, 5.41) is 0. The molecule has 8 heteroatoms. The molecule has 0 atom stereocenters. The van der Waals surface area contributed by atoms with Crippen molar-refractivity contribution in [1.82, 2.24) is 0 Å². The van der Waals surface area contributed by atoms with Gasteiger partial charge < -0.3 is 9.47 Å². The Bertz CT molecular complexity index is 928. The lowest BCUT2D eigenvalue weighted by atomic mass is 10.2. The van der Waals surface area contributed by atoms with Crippen LogP contribution in [-0.4, -0.2) is 29.9 Å². The van der Waals surface area contributed by atoms with E-state index in [2.05, 4.69) is 4.74 Å². The number of thioether (sulfide) groups is 1. The summed E-state index contributed by atoms with van der Waals surface area (Å²) >= 11 is 6.42. The Kier molecular flexibility index (Phi) is 5.88. The molecule has 1 aliphatic heterocycles. The van der Waals surface area contributed by atoms with Gasteiger partial charge in [0.25, 0.3) is 5.91 Å². The average molecular weight is 403 g/mol. The summed E-state index contributed by atoms with van der Waals surface area (Å²) < 4.78 is 23.6. The minimum atomic E-state index is -0.472. The molecule has 0 N–H and O–H groups in total. The minimum Gasteiger partial charge on any atom is -0.482 e. The molecule has 2 aromatic carbocycles. The first kappa shape index (κ1) is 19.1. The molecule has 3 rings (SSSR count). The first-order chi connectivity index (χ1) is 13.0. The lowest BCUT2D eigenvalue weighted by molar-refractivity contribution is -0.142. The van der Waals surface area contributed by atoms with Crippen molar-refractivity contribution < 1.29 is 23.5 Å². The van der Waals surface area contributed by atoms with Crippen LogP contribution in [-0.2, 0) is 14.3 Å². The van der Waals surface area contributed by atoms with Crippen molar-refractivity contribution in [3.8, 4) is 5.75 Å². The van der Waals surface area contributed by atoms with Crippen LogP contribution in [0.25, 0.3) is 6.08 Å². The number of ether oxygens (including phenoxy) is 2. The third-order valence-electron chi connectivity index (χ3n) is 3.62. The van der Waals surface area contributed by atoms with E-state index < -0.39 is 11.8 Å². The Hall–Kier alpha value is -2.71. The number of hydrogen-bond donors (Lipinski definition) is 0. The van der Waals surface area contributed by atoms with Gasteiger partial charge in [0, 0.05) is 0 Å². The Labute approximate surface area is 164 Å². The molecule has 1 amide bonds. The van der Waals surface area contributed by atoms with Gasteiger partial charge in [0.2, 0.25) is 0 Å². The molecule has 5 nitrogen and oxygen atoms in total. The molecule has 0 unspecified atom stereocenters. The van der Waals surface area contributed by atoms with Gasteiger partial charge in [-0.1, -0.05) is 42.2 Å². The molecule has 0 radical (unpaired) electrons. The van der Waals surface area contributed by atoms with Gasteiger partial charge in [-0.2, -0.15) is 0 Å². The van der Waals surface area contributed by atoms with Crippen LogP contribution in [0.5, 0.6) is 5.75 Å². The molecule has 0 spiro atoms. The van der Waals surface area contributed by atoms with Crippen molar-refractivity contribution in [1.29, 1.82) is 0 Å². The van der Waals surface area contributed by atoms with Crippen molar-refractivity contribution in [2.45, 2.75) is 0 Å². The monoisotopic (exact) mass is 403 g/mol. The lowest BCUT2D eigenvalue weighted by Crippen LogP contribution is -2.27. The Morgan fingerprint density at radius 2 is 2.00 bits per heavy atom. The number of rotatable bonds is 5. The molecule has 27 heavy (non-hydrogen) atoms. The fourth-order valence-electron chi connectivity index (χ4n) is 2.32. The highest BCUT2D eigenvalue weighted by Crippen LogP contribution is 2.36. The molecular formula is C19H14FNO4S2. The van der Waals surface area contributed by atoms with Gasteiger partial charge in [-0.15, -0.1) is 0 Å². The molecule has 1 fully saturated rings. The van der Waals surface area contributed by atoms with E-state index in [1.165, 1.54) is 30.2 Å². The fraction of sp³-hybridized carbons (Fsp3) is 0.105. The van der Waals surface area contributed by atoms with Crippen molar-refractivity contribution in [2.75, 3.05) is 18.6 Å². The maximum Gasteiger partial charge on any atom is 0.343 e. The Morgan fingerprint density at radius 3 is 2.67 bits per heavy atom. The van der Waals surface area contributed by atoms with E-state index in [1.807, 2.05) is 0 Å². The molecule has 1 saturated heterocycles. The number of esters is 1. The normalized spacial score (nSPS) is 15.3. The molecule has 0 aliphatic carbocycles. The first-order valence-electron chi connectivity index (χ1n) is 7.81. The molecule has 1 aliphatic rings. The second-order valence-electron chi connectivity index (χ2n) is 5.43. The smallest absolute Gasteiger partial charge is 0.343 e. The van der Waals surface area contributed by atoms with Crippen LogP contribution in [0.2, 0.25) is 0 Å². The van der Waals surface area contributed by atoms with E-state index in [0.29, 0.717) is 20.7 Å². The van der Waals surface area contributed by atoms with Gasteiger partial charge in [0.15, 0.2) is 10.9 Å². The third-order valence-corrected chi connectivity index (χ3v) is 4.92. The maximum absolute atomic E-state index is 13.4. The number of amides is 1. The van der Waals surface area contributed by atoms with E-state index in [1.54, 1.807) is 36.4 Å². The summed E-state index contributed by atoms with van der Waals surface area (Å²) in [4.78, 5) is 25.5. The Morgan fingerprint density at radius 1 is 1.26 bits per heavy atom. The highest BCUT2D eigenvalue weighted by Gasteiger charge is 2.33. The largest absolute Gasteiger partial charge is 0.482 e. The van der Waals surface area contributed by atoms with E-state index >= 15 is 0 Å². The third kappa shape index (κ3) is 4.53. The highest BCUT2D eigenvalue weighted by molar-refractivity contribution is 8.27. The van der Waals surface area contributed by atoms with Crippen LogP contribution in [0.3, 0.4) is 0 Å². The average Bonchev–Trinajstić information content (AvgIpc) is 2.94. The molecule has 0 bridgehead atoms. The molecule has 0 aromatic heterocycles. The van der Waals surface area contributed by atoms with Crippen LogP contribution in [0.1, 0.15) is 5.56 Å². The number of thiocarbonyl (C=S) groups is 1. The van der Waals surface area contributed by atoms with Crippen LogP contribution in [0, 0.1) is 5.82 Å². The van der Waals surface area contributed by atoms with Crippen molar-refractivity contribution in [3.05, 3.63) is 64.8 Å². The predicted molar refractivity (Wildman–Crippen MR) is 106 cm³/mol. The van der Waals surface area contributed by atoms with Crippen molar-refractivity contribution >= 4 is 51.9 Å². The van der Waals surface area contributed by atoms with Crippen LogP contribution in [0.4, 0.5) is 10.1 Å². The topological polar surface area (TPSA) is 55.8 Å². The van der Waals surface area contributed by atoms with Gasteiger partial charge in [-0.3, -0.25) is 9.69 Å². The van der Waals surface area contributed by atoms with E-state index in [9.17, 15) is 14.0 Å². The van der Waals surface area contributed by atoms with Crippen molar-refractivity contribution in [2.24, 2.45) is 0 Å². The Balaban J connectivity index is 1.75. The number of hydrogen-bond acceptors (Lipinski definition) is 6. The summed E-state index contributed by atoms with van der Waals surface area (Å²) in [6.45, 7) is -0.178. The first-order valence-corrected chi connectivity index (χ1v) is 9.03. The number of halogens is 1. The van der Waals surface area contributed by atoms with Crippen molar-refractivity contribution in [3.63, 3.8) is 0 Å². The summed E-state index contributed by atoms with van der Waals surface area (Å²) in [5.74, 6) is -0.709. The highest BCUT2D eigenvalue weighted by atomic mass is 32.2. The number of methoxy groups -OCH3 is 1. The maximum atomic E-state index is 13.4. The van der Waals surface area contributed by atoms with Crippen LogP contribution < -0.4 is 9.64 Å². The molecule has 2 aromatic rings. The number of benzene rings is 2. The van der Waals surface area contributed by atoms with Gasteiger partial charge in [-0.05, 0) is 42.0 Å². The molecule has 1 heterocycles. The van der Waals surface area contributed by atoms with Gasteiger partial charge >= 0.3 is 5.97 Å². The number of anilines is 1. The van der Waals surface area contributed by atoms with Gasteiger partial charge in [0.1, 0.15) is 11.6 Å². The molecule has 138 valence electrons. The fourth-order valence-corrected chi connectivity index (χ4v) is 3.62. The lowest BCUT2D eigenvalue weighted by Gasteiger charge is -2.14. The predicted octanol–water partition coefficient (Wildman–Crippen LogP) is 3.78. The van der Waals surface area contributed by atoms with Crippen LogP contribution in [0.15, 0.2) is 53.4 Å².